The molecule has 2 amide bonds. The number of rotatable bonds is 5. The van der Waals surface area contributed by atoms with Gasteiger partial charge in [-0.05, 0) is 42.8 Å². The molecule has 1 atom stereocenters. The van der Waals surface area contributed by atoms with Crippen molar-refractivity contribution >= 4 is 34.6 Å². The van der Waals surface area contributed by atoms with Crippen LogP contribution < -0.4 is 9.64 Å². The number of para-hydroxylation sites is 2. The highest BCUT2D eigenvalue weighted by Gasteiger charge is 2.36. The van der Waals surface area contributed by atoms with Crippen LogP contribution in [0.5, 0.6) is 5.75 Å². The highest BCUT2D eigenvalue weighted by Crippen LogP contribution is 2.34. The van der Waals surface area contributed by atoms with Crippen LogP contribution in [0.25, 0.3) is 0 Å². The highest BCUT2D eigenvalue weighted by atomic mass is 32.1. The van der Waals surface area contributed by atoms with Crippen molar-refractivity contribution in [1.82, 2.24) is 4.90 Å². The summed E-state index contributed by atoms with van der Waals surface area (Å²) in [6, 6.07) is 10.9. The molecule has 2 aliphatic rings. The number of hydrogen-bond donors (Lipinski definition) is 0. The molecule has 2 aliphatic heterocycles. The number of amides is 2. The van der Waals surface area contributed by atoms with Crippen LogP contribution in [-0.4, -0.2) is 48.2 Å². The second-order valence-electron chi connectivity index (χ2n) is 7.36. The Hall–Kier alpha value is -2.67. The monoisotopic (exact) mass is 412 g/mol. The number of hydrogen-bond acceptors (Lipinski definition) is 5. The van der Waals surface area contributed by atoms with E-state index in [2.05, 4.69) is 0 Å². The summed E-state index contributed by atoms with van der Waals surface area (Å²) >= 11 is 1.38. The molecule has 0 N–H and O–H groups in total. The number of ketones is 1. The number of Topliss-reactive ketones (excluding diaryl/α,β-unsaturated/α-hetero) is 1. The molecule has 0 radical (unpaired) electrons. The lowest BCUT2D eigenvalue weighted by atomic mass is 10.1. The van der Waals surface area contributed by atoms with Gasteiger partial charge < -0.3 is 14.5 Å². The quantitative estimate of drug-likeness (QED) is 0.705. The van der Waals surface area contributed by atoms with Gasteiger partial charge in [0.2, 0.25) is 5.91 Å². The fraction of sp³-hybridized carbons (Fsp3) is 0.409. The molecule has 2 aromatic rings. The molecule has 0 unspecified atom stereocenters. The normalized spacial score (nSPS) is 18.7. The van der Waals surface area contributed by atoms with Crippen molar-refractivity contribution in [1.29, 1.82) is 0 Å². The maximum atomic E-state index is 13.0. The number of carbonyl (C=O) groups is 3. The molecule has 1 aromatic heterocycles. The molecular weight excluding hydrogens is 388 g/mol. The van der Waals surface area contributed by atoms with Crippen molar-refractivity contribution in [3.63, 3.8) is 0 Å². The number of nitrogens with zero attached hydrogens (tertiary/aromatic N) is 2. The zero-order chi connectivity index (χ0) is 20.2. The van der Waals surface area contributed by atoms with Gasteiger partial charge in [-0.25, -0.2) is 0 Å². The van der Waals surface area contributed by atoms with Gasteiger partial charge in [-0.1, -0.05) is 18.2 Å². The highest BCUT2D eigenvalue weighted by molar-refractivity contribution is 7.12. The molecule has 0 saturated carbocycles. The molecule has 0 aliphatic carbocycles. The van der Waals surface area contributed by atoms with E-state index in [1.54, 1.807) is 17.0 Å². The minimum Gasteiger partial charge on any atom is -0.476 e. The van der Waals surface area contributed by atoms with Gasteiger partial charge in [0.25, 0.3) is 5.91 Å². The number of anilines is 1. The van der Waals surface area contributed by atoms with Crippen LogP contribution in [-0.2, 0) is 9.59 Å². The number of benzene rings is 1. The second-order valence-corrected chi connectivity index (χ2v) is 8.31. The number of piperidine rings is 1. The number of fused-ring (bicyclic) bond motifs is 1. The molecule has 29 heavy (non-hydrogen) atoms. The van der Waals surface area contributed by atoms with Gasteiger partial charge in [-0.2, -0.15) is 0 Å². The topological polar surface area (TPSA) is 66.9 Å². The van der Waals surface area contributed by atoms with Gasteiger partial charge in [0.15, 0.2) is 11.9 Å². The Morgan fingerprint density at radius 3 is 2.55 bits per heavy atom. The smallest absolute Gasteiger partial charge is 0.265 e. The van der Waals surface area contributed by atoms with Gasteiger partial charge in [0.05, 0.1) is 17.1 Å². The lowest BCUT2D eigenvalue weighted by Gasteiger charge is -2.37. The summed E-state index contributed by atoms with van der Waals surface area (Å²) in [6.07, 6.45) is 2.70. The van der Waals surface area contributed by atoms with E-state index in [-0.39, 0.29) is 37.0 Å². The minimum atomic E-state index is -0.708. The largest absolute Gasteiger partial charge is 0.476 e. The predicted octanol–water partition coefficient (Wildman–Crippen LogP) is 3.52. The van der Waals surface area contributed by atoms with E-state index < -0.39 is 6.10 Å². The fourth-order valence-corrected chi connectivity index (χ4v) is 4.53. The molecule has 0 spiro atoms. The number of ether oxygens (including phenoxy) is 1. The van der Waals surface area contributed by atoms with Crippen LogP contribution in [0.1, 0.15) is 41.8 Å². The summed E-state index contributed by atoms with van der Waals surface area (Å²) in [5.41, 5.74) is 0.656. The van der Waals surface area contributed by atoms with Gasteiger partial charge in [-0.15, -0.1) is 11.3 Å². The Kier molecular flexibility index (Phi) is 5.94. The fourth-order valence-electron chi connectivity index (χ4n) is 3.83. The molecule has 1 fully saturated rings. The third-order valence-corrected chi connectivity index (χ3v) is 6.29. The van der Waals surface area contributed by atoms with Crippen LogP contribution in [0.4, 0.5) is 5.69 Å². The second kappa shape index (κ2) is 8.78. The Balaban J connectivity index is 1.47. The lowest BCUT2D eigenvalue weighted by molar-refractivity contribution is -0.139. The van der Waals surface area contributed by atoms with E-state index in [1.165, 1.54) is 11.3 Å². The first-order chi connectivity index (χ1) is 14.1. The van der Waals surface area contributed by atoms with Crippen molar-refractivity contribution in [2.75, 3.05) is 24.5 Å². The molecule has 7 heteroatoms. The molecule has 4 rings (SSSR count). The van der Waals surface area contributed by atoms with Crippen molar-refractivity contribution < 1.29 is 19.1 Å². The maximum Gasteiger partial charge on any atom is 0.265 e. The zero-order valence-electron chi connectivity index (χ0n) is 16.2. The SMILES string of the molecule is O=C(CCC(=O)N1C[C@H](C(=O)N2CCCCC2)Oc2ccccc21)c1cccs1. The van der Waals surface area contributed by atoms with Crippen molar-refractivity contribution in [2.24, 2.45) is 0 Å². The first-order valence-corrected chi connectivity index (χ1v) is 10.9. The molecule has 3 heterocycles. The van der Waals surface area contributed by atoms with Crippen LogP contribution in [0.15, 0.2) is 41.8 Å². The molecule has 0 bridgehead atoms. The van der Waals surface area contributed by atoms with Gasteiger partial charge in [-0.3, -0.25) is 14.4 Å². The zero-order valence-corrected chi connectivity index (χ0v) is 17.0. The molecule has 1 aromatic carbocycles. The van der Waals surface area contributed by atoms with Crippen molar-refractivity contribution in [3.05, 3.63) is 46.7 Å². The summed E-state index contributed by atoms with van der Waals surface area (Å²) in [7, 11) is 0. The first kappa shape index (κ1) is 19.6. The predicted molar refractivity (Wildman–Crippen MR) is 112 cm³/mol. The first-order valence-electron chi connectivity index (χ1n) is 10.0. The molecule has 152 valence electrons. The van der Waals surface area contributed by atoms with Crippen molar-refractivity contribution in [3.8, 4) is 5.75 Å². The number of likely N-dealkylation sites (tertiary alicyclic amines) is 1. The average Bonchev–Trinajstić information content (AvgIpc) is 3.31. The van der Waals surface area contributed by atoms with Crippen LogP contribution in [0.2, 0.25) is 0 Å². The van der Waals surface area contributed by atoms with E-state index in [1.807, 2.05) is 34.5 Å². The molecule has 6 nitrogen and oxygen atoms in total. The summed E-state index contributed by atoms with van der Waals surface area (Å²) in [4.78, 5) is 42.3. The molecule has 1 saturated heterocycles. The van der Waals surface area contributed by atoms with Gasteiger partial charge in [0, 0.05) is 25.9 Å². The van der Waals surface area contributed by atoms with Gasteiger partial charge in [0.1, 0.15) is 5.75 Å². The molecular formula is C22H24N2O4S. The van der Waals surface area contributed by atoms with E-state index in [0.717, 1.165) is 32.4 Å². The van der Waals surface area contributed by atoms with E-state index >= 15 is 0 Å². The maximum absolute atomic E-state index is 13.0. The van der Waals surface area contributed by atoms with E-state index in [4.69, 9.17) is 4.74 Å². The van der Waals surface area contributed by atoms with Gasteiger partial charge >= 0.3 is 0 Å². The van der Waals surface area contributed by atoms with Crippen molar-refractivity contribution in [2.45, 2.75) is 38.2 Å². The Morgan fingerprint density at radius 1 is 1.00 bits per heavy atom. The Bertz CT molecular complexity index is 890. The number of carbonyl (C=O) groups excluding carboxylic acids is 3. The minimum absolute atomic E-state index is 0.0316. The lowest BCUT2D eigenvalue weighted by Crippen LogP contribution is -2.52. The summed E-state index contributed by atoms with van der Waals surface area (Å²) in [5, 5.41) is 1.85. The average molecular weight is 413 g/mol. The summed E-state index contributed by atoms with van der Waals surface area (Å²) in [5.74, 6) is 0.275. The summed E-state index contributed by atoms with van der Waals surface area (Å²) < 4.78 is 5.96. The van der Waals surface area contributed by atoms with Crippen LogP contribution >= 0.6 is 11.3 Å². The summed E-state index contributed by atoms with van der Waals surface area (Å²) in [6.45, 7) is 1.66. The Morgan fingerprint density at radius 2 is 1.79 bits per heavy atom. The van der Waals surface area contributed by atoms with E-state index in [9.17, 15) is 14.4 Å². The Labute approximate surface area is 174 Å². The van der Waals surface area contributed by atoms with Crippen LogP contribution in [0, 0.1) is 0 Å². The third kappa shape index (κ3) is 4.34. The van der Waals surface area contributed by atoms with Crippen LogP contribution in [0.3, 0.4) is 0 Å². The van der Waals surface area contributed by atoms with E-state index in [0.29, 0.717) is 16.3 Å². The number of thiophene rings is 1. The third-order valence-electron chi connectivity index (χ3n) is 5.38. The standard InChI is InChI=1S/C22H24N2O4S/c25-17(20-9-6-14-29-20)10-11-21(26)24-15-19(22(27)23-12-4-1-5-13-23)28-18-8-3-2-7-16(18)24/h2-3,6-9,14,19H,1,4-5,10-13,15H2/t19-/m1/s1.